The molecule has 0 aliphatic carbocycles. The lowest BCUT2D eigenvalue weighted by Gasteiger charge is -1.95. The first kappa shape index (κ1) is 22.1. The Bertz CT molecular complexity index is 172. The maximum Gasteiger partial charge on any atom is 0.302 e. The highest BCUT2D eigenvalue weighted by Crippen LogP contribution is 2.00. The quantitative estimate of drug-likeness (QED) is 0.727. The van der Waals surface area contributed by atoms with E-state index in [1.165, 1.54) is 26.7 Å². The second-order valence-corrected chi connectivity index (χ2v) is 4.03. The highest BCUT2D eigenvalue weighted by molar-refractivity contribution is 5.66. The molecule has 0 bridgehead atoms. The van der Waals surface area contributed by atoms with Crippen molar-refractivity contribution in [1.29, 1.82) is 0 Å². The van der Waals surface area contributed by atoms with Gasteiger partial charge in [-0.3, -0.25) is 9.59 Å². The molecular formula is C14H30O4. The molecule has 0 fully saturated rings. The van der Waals surface area contributed by atoms with Crippen molar-refractivity contribution in [3.63, 3.8) is 0 Å². The summed E-state index contributed by atoms with van der Waals surface area (Å²) in [6.07, 6.45) is 2.71. The lowest BCUT2D eigenvalue weighted by molar-refractivity contribution is -0.141. The van der Waals surface area contributed by atoms with Gasteiger partial charge in [0, 0.05) is 13.8 Å². The van der Waals surface area contributed by atoms with Gasteiger partial charge in [0.15, 0.2) is 0 Å². The van der Waals surface area contributed by atoms with Crippen molar-refractivity contribution in [1.82, 2.24) is 0 Å². The van der Waals surface area contributed by atoms with Crippen LogP contribution in [0.1, 0.15) is 61.3 Å². The Morgan fingerprint density at radius 1 is 0.889 bits per heavy atom. The molecule has 0 N–H and O–H groups in total. The van der Waals surface area contributed by atoms with Gasteiger partial charge in [0.25, 0.3) is 0 Å². The van der Waals surface area contributed by atoms with Crippen molar-refractivity contribution in [3.8, 4) is 0 Å². The number of rotatable bonds is 4. The van der Waals surface area contributed by atoms with E-state index in [-0.39, 0.29) is 11.9 Å². The van der Waals surface area contributed by atoms with Crippen molar-refractivity contribution in [2.45, 2.75) is 61.3 Å². The Balaban J connectivity index is -0.000000187. The molecule has 0 rings (SSSR count). The lowest BCUT2D eigenvalue weighted by atomic mass is 10.1. The maximum absolute atomic E-state index is 9.82. The summed E-state index contributed by atoms with van der Waals surface area (Å²) >= 11 is 0. The Morgan fingerprint density at radius 3 is 1.22 bits per heavy atom. The van der Waals surface area contributed by atoms with E-state index in [0.717, 1.165) is 5.92 Å². The number of hydrogen-bond acceptors (Lipinski definition) is 4. The first-order valence-electron chi connectivity index (χ1n) is 6.58. The topological polar surface area (TPSA) is 52.6 Å². The van der Waals surface area contributed by atoms with E-state index in [9.17, 15) is 9.59 Å². The van der Waals surface area contributed by atoms with Gasteiger partial charge in [0.05, 0.1) is 13.2 Å². The normalized spacial score (nSPS) is 8.44. The zero-order chi connectivity index (χ0) is 15.0. The minimum atomic E-state index is -0.211. The molecule has 4 heteroatoms. The molecule has 0 saturated heterocycles. The molecule has 18 heavy (non-hydrogen) atoms. The van der Waals surface area contributed by atoms with E-state index < -0.39 is 0 Å². The van der Waals surface area contributed by atoms with Crippen LogP contribution in [0.2, 0.25) is 0 Å². The fourth-order valence-corrected chi connectivity index (χ4v) is 0.984. The molecule has 0 aliphatic rings. The van der Waals surface area contributed by atoms with Crippen LogP contribution in [0.4, 0.5) is 0 Å². The van der Waals surface area contributed by atoms with Gasteiger partial charge in [-0.25, -0.2) is 0 Å². The van der Waals surface area contributed by atoms with Crippen molar-refractivity contribution in [2.75, 3.05) is 13.2 Å². The molecule has 0 radical (unpaired) electrons. The molecule has 110 valence electrons. The van der Waals surface area contributed by atoms with Crippen LogP contribution in [0.5, 0.6) is 0 Å². The lowest BCUT2D eigenvalue weighted by Crippen LogP contribution is -1.95. The number of esters is 2. The molecule has 4 nitrogen and oxygen atoms in total. The van der Waals surface area contributed by atoms with E-state index in [2.05, 4.69) is 30.2 Å². The fraction of sp³-hybridized carbons (Fsp3) is 0.857. The van der Waals surface area contributed by atoms with Gasteiger partial charge in [0.2, 0.25) is 0 Å². The first-order chi connectivity index (χ1) is 8.31. The monoisotopic (exact) mass is 262 g/mol. The molecule has 0 aliphatic heterocycles. The van der Waals surface area contributed by atoms with Crippen molar-refractivity contribution >= 4 is 11.9 Å². The Hall–Kier alpha value is -1.06. The van der Waals surface area contributed by atoms with Gasteiger partial charge in [0.1, 0.15) is 0 Å². The predicted molar refractivity (Wildman–Crippen MR) is 74.4 cm³/mol. The van der Waals surface area contributed by atoms with Gasteiger partial charge in [-0.05, 0) is 19.8 Å². The van der Waals surface area contributed by atoms with Crippen LogP contribution in [0, 0.1) is 5.92 Å². The average Bonchev–Trinajstić information content (AvgIpc) is 2.18. The number of carbonyl (C=O) groups excluding carboxylic acids is 2. The van der Waals surface area contributed by atoms with E-state index in [1.807, 2.05) is 0 Å². The molecule has 0 saturated carbocycles. The van der Waals surface area contributed by atoms with Crippen LogP contribution in [-0.2, 0) is 19.1 Å². The highest BCUT2D eigenvalue weighted by atomic mass is 16.5. The summed E-state index contributed by atoms with van der Waals surface area (Å²) in [5.74, 6) is 0.477. The number of ether oxygens (including phenoxy) is 2. The van der Waals surface area contributed by atoms with Gasteiger partial charge >= 0.3 is 11.9 Å². The number of carbonyl (C=O) groups is 2. The van der Waals surface area contributed by atoms with E-state index in [4.69, 9.17) is 0 Å². The van der Waals surface area contributed by atoms with Crippen LogP contribution in [0.3, 0.4) is 0 Å². The molecule has 0 atom stereocenters. The summed E-state index contributed by atoms with van der Waals surface area (Å²) in [7, 11) is 0. The van der Waals surface area contributed by atoms with Crippen molar-refractivity contribution in [2.24, 2.45) is 5.92 Å². The van der Waals surface area contributed by atoms with Crippen LogP contribution >= 0.6 is 0 Å². The zero-order valence-electron chi connectivity index (χ0n) is 13.0. The molecule has 0 amide bonds. The van der Waals surface area contributed by atoms with Gasteiger partial charge in [-0.15, -0.1) is 0 Å². The minimum absolute atomic E-state index is 0.211. The van der Waals surface area contributed by atoms with Crippen LogP contribution in [0.15, 0.2) is 0 Å². The highest BCUT2D eigenvalue weighted by Gasteiger charge is 1.85. The third-order valence-corrected chi connectivity index (χ3v) is 1.56. The maximum atomic E-state index is 9.82. The SMILES string of the molecule is CCCC(C)C.CCOC(C)=O.CCOC(C)=O. The summed E-state index contributed by atoms with van der Waals surface area (Å²) in [5, 5.41) is 0. The van der Waals surface area contributed by atoms with E-state index in [0.29, 0.717) is 13.2 Å². The second-order valence-electron chi connectivity index (χ2n) is 4.03. The minimum Gasteiger partial charge on any atom is -0.466 e. The standard InChI is InChI=1S/C6H14.2C4H8O2/c1-4-5-6(2)3;2*1-3-6-4(2)5/h6H,4-5H2,1-3H3;2*3H2,1-2H3. The van der Waals surface area contributed by atoms with Gasteiger partial charge < -0.3 is 9.47 Å². The molecule has 0 spiro atoms. The Kier molecular flexibility index (Phi) is 22.5. The molecule has 0 heterocycles. The van der Waals surface area contributed by atoms with E-state index >= 15 is 0 Å². The average molecular weight is 262 g/mol. The van der Waals surface area contributed by atoms with E-state index in [1.54, 1.807) is 13.8 Å². The Morgan fingerprint density at radius 2 is 1.22 bits per heavy atom. The fourth-order valence-electron chi connectivity index (χ4n) is 0.984. The summed E-state index contributed by atoms with van der Waals surface area (Å²) in [6, 6.07) is 0. The smallest absolute Gasteiger partial charge is 0.302 e. The predicted octanol–water partition coefficient (Wildman–Crippen LogP) is 3.58. The van der Waals surface area contributed by atoms with Gasteiger partial charge in [-0.2, -0.15) is 0 Å². The van der Waals surface area contributed by atoms with Crippen LogP contribution in [-0.4, -0.2) is 25.2 Å². The molecule has 0 unspecified atom stereocenters. The zero-order valence-corrected chi connectivity index (χ0v) is 13.0. The molecule has 0 aromatic rings. The number of hydrogen-bond donors (Lipinski definition) is 0. The van der Waals surface area contributed by atoms with Crippen molar-refractivity contribution in [3.05, 3.63) is 0 Å². The Labute approximate surface area is 112 Å². The first-order valence-corrected chi connectivity index (χ1v) is 6.58. The molecule has 0 aromatic heterocycles. The van der Waals surface area contributed by atoms with Gasteiger partial charge in [-0.1, -0.05) is 33.6 Å². The second kappa shape index (κ2) is 18.3. The summed E-state index contributed by atoms with van der Waals surface area (Å²) in [5.41, 5.74) is 0. The molecule has 0 aromatic carbocycles. The van der Waals surface area contributed by atoms with Crippen molar-refractivity contribution < 1.29 is 19.1 Å². The third kappa shape index (κ3) is 46.1. The van der Waals surface area contributed by atoms with Crippen LogP contribution in [0.25, 0.3) is 0 Å². The summed E-state index contributed by atoms with van der Waals surface area (Å²) in [4.78, 5) is 19.6. The largest absolute Gasteiger partial charge is 0.466 e. The molecular weight excluding hydrogens is 232 g/mol. The summed E-state index contributed by atoms with van der Waals surface area (Å²) < 4.78 is 8.81. The third-order valence-electron chi connectivity index (χ3n) is 1.56. The van der Waals surface area contributed by atoms with Crippen LogP contribution < -0.4 is 0 Å². The summed E-state index contributed by atoms with van der Waals surface area (Å²) in [6.45, 7) is 14.0.